The maximum absolute atomic E-state index is 7.17. The van der Waals surface area contributed by atoms with E-state index in [2.05, 4.69) is 168 Å². The highest BCUT2D eigenvalue weighted by Gasteiger charge is 2.26. The van der Waals surface area contributed by atoms with Crippen LogP contribution < -0.4 is 9.47 Å². The van der Waals surface area contributed by atoms with Crippen molar-refractivity contribution in [2.24, 2.45) is 0 Å². The number of hydrogen-bond donors (Lipinski definition) is 0. The van der Waals surface area contributed by atoms with Crippen LogP contribution in [0.3, 0.4) is 0 Å². The second kappa shape index (κ2) is 11.9. The number of ether oxygens (including phenoxy) is 2. The fourth-order valence-corrected chi connectivity index (χ4v) is 7.73. The van der Waals surface area contributed by atoms with Gasteiger partial charge in [0, 0.05) is 38.7 Å². The minimum Gasteiger partial charge on any atom is -0.456 e. The highest BCUT2D eigenvalue weighted by atomic mass is 16.5. The highest BCUT2D eigenvalue weighted by Crippen LogP contribution is 2.52. The molecule has 3 heteroatoms. The molecule has 0 unspecified atom stereocenters. The molecule has 0 saturated carbocycles. The quantitative estimate of drug-likeness (QED) is 0.189. The molecule has 0 amide bonds. The lowest BCUT2D eigenvalue weighted by Crippen LogP contribution is -2.00. The molecule has 8 aromatic carbocycles. The second-order valence-corrected chi connectivity index (χ2v) is 12.8. The van der Waals surface area contributed by atoms with E-state index in [0.29, 0.717) is 0 Å². The van der Waals surface area contributed by atoms with E-state index in [1.165, 1.54) is 10.8 Å². The van der Waals surface area contributed by atoms with Crippen molar-refractivity contribution >= 4 is 21.8 Å². The summed E-state index contributed by atoms with van der Waals surface area (Å²) in [4.78, 5) is 0. The lowest BCUT2D eigenvalue weighted by molar-refractivity contribution is 0.472. The van der Waals surface area contributed by atoms with E-state index in [9.17, 15) is 0 Å². The van der Waals surface area contributed by atoms with Crippen LogP contribution in [0.2, 0.25) is 0 Å². The zero-order chi connectivity index (χ0) is 33.7. The average molecular weight is 654 g/mol. The first-order valence-electron chi connectivity index (χ1n) is 17.3. The van der Waals surface area contributed by atoms with Crippen LogP contribution in [0.25, 0.3) is 72.0 Å². The van der Waals surface area contributed by atoms with E-state index in [4.69, 9.17) is 9.47 Å². The van der Waals surface area contributed by atoms with E-state index in [1.54, 1.807) is 0 Å². The number of hydrogen-bond acceptors (Lipinski definition) is 2. The molecular formula is C48H31NO2. The van der Waals surface area contributed by atoms with Crippen LogP contribution in [-0.2, 0) is 0 Å². The first-order valence-corrected chi connectivity index (χ1v) is 17.3. The predicted molar refractivity (Wildman–Crippen MR) is 209 cm³/mol. The molecule has 10 rings (SSSR count). The summed E-state index contributed by atoms with van der Waals surface area (Å²) in [5, 5.41) is 2.39. The monoisotopic (exact) mass is 653 g/mol. The van der Waals surface area contributed by atoms with Gasteiger partial charge >= 0.3 is 0 Å². The predicted octanol–water partition coefficient (Wildman–Crippen LogP) is 13.3. The molecule has 0 saturated heterocycles. The number of benzene rings is 8. The molecule has 0 fully saturated rings. The Morgan fingerprint density at radius 1 is 0.314 bits per heavy atom. The lowest BCUT2D eigenvalue weighted by Gasteiger charge is -2.24. The highest BCUT2D eigenvalue weighted by molar-refractivity contribution is 6.17. The fraction of sp³-hybridized carbons (Fsp3) is 0. The van der Waals surface area contributed by atoms with Gasteiger partial charge in [-0.15, -0.1) is 0 Å². The fourth-order valence-electron chi connectivity index (χ4n) is 7.73. The zero-order valence-corrected chi connectivity index (χ0v) is 27.7. The molecule has 240 valence electrons. The van der Waals surface area contributed by atoms with Gasteiger partial charge in [-0.3, -0.25) is 0 Å². The summed E-state index contributed by atoms with van der Waals surface area (Å²) in [5.74, 6) is 3.07. The normalized spacial score (nSPS) is 11.8. The standard InChI is InChI=1S/C48H31NO2/c1-3-16-32(17-4-1)34-23-14-30-44-47(34)38-21-8-11-28-42(38)50-43-29-12-9-22-39(43)48-36(25-15-31-45(48)51-44)35-24-13-27-41-46(35)37-20-7-10-26-40(37)49(41)33-18-5-2-6-19-33/h1-31H. The summed E-state index contributed by atoms with van der Waals surface area (Å²) in [6.45, 7) is 0. The molecule has 0 N–H and O–H groups in total. The summed E-state index contributed by atoms with van der Waals surface area (Å²) in [7, 11) is 0. The third kappa shape index (κ3) is 4.74. The minimum atomic E-state index is 0.762. The van der Waals surface area contributed by atoms with Crippen LogP contribution in [0.1, 0.15) is 0 Å². The number of fused-ring (bicyclic) bond motifs is 9. The van der Waals surface area contributed by atoms with Crippen LogP contribution in [0.15, 0.2) is 188 Å². The van der Waals surface area contributed by atoms with Crippen LogP contribution in [0.4, 0.5) is 0 Å². The Hall–Kier alpha value is -6.84. The molecule has 0 spiro atoms. The Morgan fingerprint density at radius 3 is 1.51 bits per heavy atom. The van der Waals surface area contributed by atoms with Gasteiger partial charge in [-0.05, 0) is 70.8 Å². The van der Waals surface area contributed by atoms with Gasteiger partial charge in [0.2, 0.25) is 0 Å². The largest absolute Gasteiger partial charge is 0.456 e. The van der Waals surface area contributed by atoms with Crippen molar-refractivity contribution < 1.29 is 9.47 Å². The second-order valence-electron chi connectivity index (χ2n) is 12.8. The van der Waals surface area contributed by atoms with Gasteiger partial charge in [-0.1, -0.05) is 140 Å². The molecule has 0 bridgehead atoms. The van der Waals surface area contributed by atoms with Gasteiger partial charge in [0.15, 0.2) is 0 Å². The third-order valence-corrected chi connectivity index (χ3v) is 9.89. The first-order chi connectivity index (χ1) is 25.3. The van der Waals surface area contributed by atoms with Crippen molar-refractivity contribution in [1.29, 1.82) is 0 Å². The molecule has 9 aromatic rings. The van der Waals surface area contributed by atoms with Crippen LogP contribution in [0.5, 0.6) is 23.0 Å². The van der Waals surface area contributed by atoms with Gasteiger partial charge < -0.3 is 14.0 Å². The Morgan fingerprint density at radius 2 is 0.784 bits per heavy atom. The Labute approximate surface area is 296 Å². The van der Waals surface area contributed by atoms with E-state index in [-0.39, 0.29) is 0 Å². The molecule has 3 nitrogen and oxygen atoms in total. The summed E-state index contributed by atoms with van der Waals surface area (Å²) in [5.41, 5.74) is 11.7. The number of aromatic nitrogens is 1. The molecule has 2 heterocycles. The first kappa shape index (κ1) is 29.1. The number of rotatable bonds is 3. The third-order valence-electron chi connectivity index (χ3n) is 9.89. The Balaban J connectivity index is 1.28. The van der Waals surface area contributed by atoms with Crippen molar-refractivity contribution in [2.75, 3.05) is 0 Å². The smallest absolute Gasteiger partial charge is 0.136 e. The van der Waals surface area contributed by atoms with E-state index < -0.39 is 0 Å². The van der Waals surface area contributed by atoms with Crippen molar-refractivity contribution in [3.8, 4) is 73.2 Å². The molecule has 51 heavy (non-hydrogen) atoms. The SMILES string of the molecule is c1ccc(-c2cccc3c2-c2ccccc2Oc2ccccc2-c2c(cccc2-c2cccc4c2c2ccccc2n4-c2ccccc2)O3)cc1. The van der Waals surface area contributed by atoms with Gasteiger partial charge in [-0.25, -0.2) is 0 Å². The van der Waals surface area contributed by atoms with Crippen molar-refractivity contribution in [3.63, 3.8) is 0 Å². The van der Waals surface area contributed by atoms with Gasteiger partial charge in [0.25, 0.3) is 0 Å². The number of nitrogens with zero attached hydrogens (tertiary/aromatic N) is 1. The van der Waals surface area contributed by atoms with Gasteiger partial charge in [0.1, 0.15) is 23.0 Å². The summed E-state index contributed by atoms with van der Waals surface area (Å²) in [6, 6.07) is 65.6. The Bertz CT molecular complexity index is 2740. The lowest BCUT2D eigenvalue weighted by atomic mass is 9.90. The Kier molecular flexibility index (Phi) is 6.81. The molecule has 0 atom stereocenters. The van der Waals surface area contributed by atoms with Gasteiger partial charge in [0.05, 0.1) is 11.0 Å². The molecular weight excluding hydrogens is 623 g/mol. The van der Waals surface area contributed by atoms with E-state index in [0.717, 1.165) is 84.2 Å². The number of para-hydroxylation sites is 4. The molecule has 1 aliphatic rings. The summed E-state index contributed by atoms with van der Waals surface area (Å²) >= 11 is 0. The molecule has 1 aliphatic heterocycles. The molecule has 0 aliphatic carbocycles. The molecule has 1 aromatic heterocycles. The van der Waals surface area contributed by atoms with Crippen LogP contribution in [-0.4, -0.2) is 4.57 Å². The summed E-state index contributed by atoms with van der Waals surface area (Å²) in [6.07, 6.45) is 0. The minimum absolute atomic E-state index is 0.762. The maximum atomic E-state index is 7.17. The van der Waals surface area contributed by atoms with Crippen LogP contribution >= 0.6 is 0 Å². The topological polar surface area (TPSA) is 23.4 Å². The molecule has 0 radical (unpaired) electrons. The van der Waals surface area contributed by atoms with E-state index in [1.807, 2.05) is 24.3 Å². The zero-order valence-electron chi connectivity index (χ0n) is 27.7. The van der Waals surface area contributed by atoms with Crippen molar-refractivity contribution in [3.05, 3.63) is 188 Å². The van der Waals surface area contributed by atoms with Crippen molar-refractivity contribution in [2.45, 2.75) is 0 Å². The van der Waals surface area contributed by atoms with Crippen molar-refractivity contribution in [1.82, 2.24) is 4.57 Å². The summed E-state index contributed by atoms with van der Waals surface area (Å²) < 4.78 is 16.5. The van der Waals surface area contributed by atoms with Gasteiger partial charge in [-0.2, -0.15) is 0 Å². The van der Waals surface area contributed by atoms with E-state index >= 15 is 0 Å². The maximum Gasteiger partial charge on any atom is 0.136 e. The van der Waals surface area contributed by atoms with Crippen LogP contribution in [0, 0.1) is 0 Å². The average Bonchev–Trinajstić information content (AvgIpc) is 3.54.